The Morgan fingerprint density at radius 3 is 3.05 bits per heavy atom. The van der Waals surface area contributed by atoms with Crippen molar-refractivity contribution in [1.29, 1.82) is 0 Å². The van der Waals surface area contributed by atoms with Gasteiger partial charge in [0.15, 0.2) is 17.2 Å². The van der Waals surface area contributed by atoms with Crippen LogP contribution in [0.5, 0.6) is 11.5 Å². The average Bonchev–Trinajstić information content (AvgIpc) is 3.02. The Balaban J connectivity index is 1.61. The molecular weight excluding hydrogens is 290 g/mol. The maximum Gasteiger partial charge on any atom is 0.275 e. The van der Waals surface area contributed by atoms with Crippen LogP contribution in [0.3, 0.4) is 0 Å². The largest absolute Gasteiger partial charge is 0.454 e. The molecule has 0 spiro atoms. The predicted molar refractivity (Wildman–Crippen MR) is 75.4 cm³/mol. The summed E-state index contributed by atoms with van der Waals surface area (Å²) in [6, 6.07) is 6.05. The summed E-state index contributed by atoms with van der Waals surface area (Å²) >= 11 is 1.19. The Bertz CT molecular complexity index is 670. The second kappa shape index (κ2) is 5.00. The topological polar surface area (TPSA) is 64.6 Å². The molecule has 2 aliphatic rings. The van der Waals surface area contributed by atoms with Crippen molar-refractivity contribution in [3.05, 3.63) is 34.8 Å². The zero-order valence-electron chi connectivity index (χ0n) is 11.2. The van der Waals surface area contributed by atoms with Gasteiger partial charge in [-0.05, 0) is 30.4 Å². The number of rotatable bonds is 4. The molecule has 0 radical (unpaired) electrons. The Kier molecular flexibility index (Phi) is 2.99. The van der Waals surface area contributed by atoms with E-state index >= 15 is 0 Å². The monoisotopic (exact) mass is 303 g/mol. The minimum atomic E-state index is -0.0669. The van der Waals surface area contributed by atoms with Gasteiger partial charge in [-0.15, -0.1) is 5.10 Å². The van der Waals surface area contributed by atoms with Crippen molar-refractivity contribution in [2.45, 2.75) is 25.4 Å². The molecule has 0 N–H and O–H groups in total. The molecule has 0 saturated heterocycles. The molecule has 0 atom stereocenters. The molecule has 7 heteroatoms. The summed E-state index contributed by atoms with van der Waals surface area (Å²) in [5.74, 6) is 1.42. The molecule has 6 nitrogen and oxygen atoms in total. The smallest absolute Gasteiger partial charge is 0.275 e. The quantitative estimate of drug-likeness (QED) is 0.865. The fourth-order valence-electron chi connectivity index (χ4n) is 2.46. The molecule has 0 bridgehead atoms. The first-order chi connectivity index (χ1) is 10.3. The molecule has 1 aromatic heterocycles. The molecule has 2 heterocycles. The molecule has 1 saturated carbocycles. The number of para-hydroxylation sites is 1. The number of nitrogens with zero attached hydrogens (tertiary/aromatic N) is 3. The van der Waals surface area contributed by atoms with Gasteiger partial charge in [0.05, 0.1) is 6.54 Å². The van der Waals surface area contributed by atoms with Crippen LogP contribution in [-0.2, 0) is 6.54 Å². The van der Waals surface area contributed by atoms with E-state index in [0.717, 1.165) is 29.9 Å². The second-order valence-electron chi connectivity index (χ2n) is 5.11. The number of benzene rings is 1. The van der Waals surface area contributed by atoms with Crippen LogP contribution in [0.2, 0.25) is 0 Å². The van der Waals surface area contributed by atoms with Crippen LogP contribution in [0.1, 0.15) is 28.9 Å². The van der Waals surface area contributed by atoms with Crippen molar-refractivity contribution in [3.63, 3.8) is 0 Å². The molecule has 4 rings (SSSR count). The Morgan fingerprint density at radius 1 is 1.38 bits per heavy atom. The summed E-state index contributed by atoms with van der Waals surface area (Å²) in [7, 11) is 0. The zero-order valence-corrected chi connectivity index (χ0v) is 12.0. The summed E-state index contributed by atoms with van der Waals surface area (Å²) in [6.45, 7) is 0.743. The van der Waals surface area contributed by atoms with E-state index < -0.39 is 0 Å². The van der Waals surface area contributed by atoms with Crippen LogP contribution in [-0.4, -0.2) is 33.2 Å². The lowest BCUT2D eigenvalue weighted by Crippen LogP contribution is -2.33. The molecule has 1 aromatic carbocycles. The third-order valence-corrected chi connectivity index (χ3v) is 4.15. The van der Waals surface area contributed by atoms with Crippen molar-refractivity contribution in [1.82, 2.24) is 14.5 Å². The van der Waals surface area contributed by atoms with Crippen molar-refractivity contribution in [2.75, 3.05) is 6.79 Å². The minimum absolute atomic E-state index is 0.0669. The first kappa shape index (κ1) is 12.6. The van der Waals surface area contributed by atoms with E-state index in [2.05, 4.69) is 9.59 Å². The summed E-state index contributed by atoms with van der Waals surface area (Å²) < 4.78 is 14.7. The fourth-order valence-corrected chi connectivity index (χ4v) is 2.89. The number of amides is 1. The van der Waals surface area contributed by atoms with E-state index in [1.54, 1.807) is 5.38 Å². The molecule has 1 aliphatic heterocycles. The molecule has 1 fully saturated rings. The van der Waals surface area contributed by atoms with Crippen LogP contribution in [0.15, 0.2) is 23.6 Å². The Morgan fingerprint density at radius 2 is 2.29 bits per heavy atom. The van der Waals surface area contributed by atoms with Crippen LogP contribution in [0, 0.1) is 0 Å². The van der Waals surface area contributed by atoms with E-state index in [4.69, 9.17) is 9.47 Å². The number of aromatic nitrogens is 2. The highest BCUT2D eigenvalue weighted by Gasteiger charge is 2.35. The fraction of sp³-hybridized carbons (Fsp3) is 0.357. The van der Waals surface area contributed by atoms with E-state index in [0.29, 0.717) is 12.2 Å². The van der Waals surface area contributed by atoms with Gasteiger partial charge >= 0.3 is 0 Å². The Hall–Kier alpha value is -2.15. The van der Waals surface area contributed by atoms with Crippen molar-refractivity contribution < 1.29 is 14.3 Å². The Labute approximate surface area is 125 Å². The molecule has 1 amide bonds. The third-order valence-electron chi connectivity index (χ3n) is 3.65. The van der Waals surface area contributed by atoms with Gasteiger partial charge in [0.1, 0.15) is 0 Å². The van der Waals surface area contributed by atoms with Gasteiger partial charge < -0.3 is 14.4 Å². The van der Waals surface area contributed by atoms with Crippen molar-refractivity contribution in [3.8, 4) is 11.5 Å². The van der Waals surface area contributed by atoms with Gasteiger partial charge in [0.2, 0.25) is 6.79 Å². The molecule has 108 valence electrons. The minimum Gasteiger partial charge on any atom is -0.454 e. The lowest BCUT2D eigenvalue weighted by molar-refractivity contribution is 0.0722. The number of hydrogen-bond acceptors (Lipinski definition) is 6. The van der Waals surface area contributed by atoms with Crippen LogP contribution in [0.25, 0.3) is 0 Å². The maximum absolute atomic E-state index is 12.5. The summed E-state index contributed by atoms with van der Waals surface area (Å²) in [5, 5.41) is 5.57. The molecule has 1 aliphatic carbocycles. The number of hydrogen-bond donors (Lipinski definition) is 0. The van der Waals surface area contributed by atoms with Gasteiger partial charge in [0.25, 0.3) is 5.91 Å². The van der Waals surface area contributed by atoms with Gasteiger partial charge in [-0.1, -0.05) is 16.6 Å². The normalized spacial score (nSPS) is 16.0. The van der Waals surface area contributed by atoms with Gasteiger partial charge in [-0.3, -0.25) is 4.79 Å². The number of fused-ring (bicyclic) bond motifs is 1. The molecule has 0 unspecified atom stereocenters. The lowest BCUT2D eigenvalue weighted by Gasteiger charge is -2.22. The molecule has 21 heavy (non-hydrogen) atoms. The first-order valence-corrected chi connectivity index (χ1v) is 7.62. The van der Waals surface area contributed by atoms with Gasteiger partial charge in [-0.25, -0.2) is 0 Å². The van der Waals surface area contributed by atoms with Crippen molar-refractivity contribution >= 4 is 17.4 Å². The third kappa shape index (κ3) is 2.33. The molecular formula is C14H13N3O3S. The maximum atomic E-state index is 12.5. The van der Waals surface area contributed by atoms with E-state index in [1.807, 2.05) is 23.1 Å². The summed E-state index contributed by atoms with van der Waals surface area (Å²) in [5.41, 5.74) is 1.38. The summed E-state index contributed by atoms with van der Waals surface area (Å²) in [4.78, 5) is 14.4. The van der Waals surface area contributed by atoms with Gasteiger partial charge in [0, 0.05) is 17.0 Å². The van der Waals surface area contributed by atoms with Gasteiger partial charge in [-0.2, -0.15) is 0 Å². The predicted octanol–water partition coefficient (Wildman–Crippen LogP) is 2.07. The van der Waals surface area contributed by atoms with Crippen LogP contribution in [0.4, 0.5) is 0 Å². The van der Waals surface area contributed by atoms with Crippen LogP contribution < -0.4 is 9.47 Å². The highest BCUT2D eigenvalue weighted by molar-refractivity contribution is 7.03. The second-order valence-corrected chi connectivity index (χ2v) is 5.72. The SMILES string of the molecule is O=C(c1csnn1)N(Cc1cccc2c1OCO2)C1CC1. The van der Waals surface area contributed by atoms with E-state index in [1.165, 1.54) is 11.5 Å². The van der Waals surface area contributed by atoms with E-state index in [-0.39, 0.29) is 18.7 Å². The number of carbonyl (C=O) groups excluding carboxylic acids is 1. The average molecular weight is 303 g/mol. The zero-order chi connectivity index (χ0) is 14.2. The highest BCUT2D eigenvalue weighted by atomic mass is 32.1. The van der Waals surface area contributed by atoms with E-state index in [9.17, 15) is 4.79 Å². The van der Waals surface area contributed by atoms with Crippen molar-refractivity contribution in [2.24, 2.45) is 0 Å². The number of carbonyl (C=O) groups is 1. The standard InChI is InChI=1S/C14H13N3O3S/c18-14(11-7-21-16-15-11)17(10-4-5-10)6-9-2-1-3-12-13(9)20-8-19-12/h1-3,7,10H,4-6,8H2. The highest BCUT2D eigenvalue weighted by Crippen LogP contribution is 2.38. The molecule has 2 aromatic rings. The number of ether oxygens (including phenoxy) is 2. The lowest BCUT2D eigenvalue weighted by atomic mass is 10.1. The summed E-state index contributed by atoms with van der Waals surface area (Å²) in [6.07, 6.45) is 2.07. The first-order valence-electron chi connectivity index (χ1n) is 6.78. The van der Waals surface area contributed by atoms with Crippen LogP contribution >= 0.6 is 11.5 Å².